The van der Waals surface area contributed by atoms with Crippen molar-refractivity contribution < 1.29 is 9.59 Å². The number of pyridine rings is 1. The van der Waals surface area contributed by atoms with Crippen molar-refractivity contribution in [1.29, 1.82) is 5.26 Å². The number of hydrogen-bond acceptors (Lipinski definition) is 4. The van der Waals surface area contributed by atoms with E-state index in [1.807, 2.05) is 12.1 Å². The van der Waals surface area contributed by atoms with E-state index in [1.165, 1.54) is 0 Å². The summed E-state index contributed by atoms with van der Waals surface area (Å²) >= 11 is 0. The normalized spacial score (nSPS) is 18.3. The van der Waals surface area contributed by atoms with E-state index in [4.69, 9.17) is 5.73 Å². The van der Waals surface area contributed by atoms with Crippen LogP contribution in [0, 0.1) is 11.3 Å². The van der Waals surface area contributed by atoms with Crippen molar-refractivity contribution in [3.63, 3.8) is 0 Å². The van der Waals surface area contributed by atoms with Crippen LogP contribution in [0.2, 0.25) is 0 Å². The zero-order valence-corrected chi connectivity index (χ0v) is 13.4. The predicted molar refractivity (Wildman–Crippen MR) is 89.0 cm³/mol. The Kier molecular flexibility index (Phi) is 4.17. The molecule has 0 unspecified atom stereocenters. The topological polar surface area (TPSA) is 100 Å². The SMILES string of the molecule is C[C@@H](C(=O)N1CCC[C@H]1C#N)c1cc(C(N)=O)c2ccccc2n1. The Bertz CT molecular complexity index is 856. The van der Waals surface area contributed by atoms with Gasteiger partial charge in [-0.2, -0.15) is 5.26 Å². The molecule has 2 heterocycles. The Balaban J connectivity index is 2.01. The van der Waals surface area contributed by atoms with E-state index in [9.17, 15) is 14.9 Å². The Labute approximate surface area is 139 Å². The summed E-state index contributed by atoms with van der Waals surface area (Å²) in [7, 11) is 0. The molecule has 2 aromatic rings. The molecule has 1 saturated heterocycles. The fourth-order valence-electron chi connectivity index (χ4n) is 3.16. The van der Waals surface area contributed by atoms with Gasteiger partial charge in [0.1, 0.15) is 6.04 Å². The molecule has 6 heteroatoms. The van der Waals surface area contributed by atoms with Crippen molar-refractivity contribution in [2.45, 2.75) is 31.7 Å². The Morgan fingerprint density at radius 3 is 2.88 bits per heavy atom. The molecule has 2 N–H and O–H groups in total. The van der Waals surface area contributed by atoms with Crippen LogP contribution in [-0.4, -0.2) is 34.3 Å². The van der Waals surface area contributed by atoms with Gasteiger partial charge < -0.3 is 10.6 Å². The van der Waals surface area contributed by atoms with Crippen LogP contribution in [0.1, 0.15) is 41.7 Å². The molecule has 6 nitrogen and oxygen atoms in total. The van der Waals surface area contributed by atoms with Crippen molar-refractivity contribution in [1.82, 2.24) is 9.88 Å². The van der Waals surface area contributed by atoms with E-state index in [-0.39, 0.29) is 11.9 Å². The summed E-state index contributed by atoms with van der Waals surface area (Å²) < 4.78 is 0. The van der Waals surface area contributed by atoms with Gasteiger partial charge in [-0.05, 0) is 31.9 Å². The number of amides is 2. The monoisotopic (exact) mass is 322 g/mol. The predicted octanol–water partition coefficient (Wildman–Crippen LogP) is 1.95. The van der Waals surface area contributed by atoms with Gasteiger partial charge in [0.2, 0.25) is 11.8 Å². The third-order valence-electron chi connectivity index (χ3n) is 4.50. The highest BCUT2D eigenvalue weighted by molar-refractivity contribution is 6.05. The van der Waals surface area contributed by atoms with Crippen molar-refractivity contribution >= 4 is 22.7 Å². The number of benzene rings is 1. The van der Waals surface area contributed by atoms with Gasteiger partial charge in [-0.15, -0.1) is 0 Å². The first-order chi connectivity index (χ1) is 11.5. The zero-order valence-electron chi connectivity index (χ0n) is 13.4. The fraction of sp³-hybridized carbons (Fsp3) is 0.333. The summed E-state index contributed by atoms with van der Waals surface area (Å²) in [6, 6.07) is 10.6. The lowest BCUT2D eigenvalue weighted by Crippen LogP contribution is -2.37. The molecule has 0 aliphatic carbocycles. The Morgan fingerprint density at radius 1 is 1.42 bits per heavy atom. The number of nitrogens with two attached hydrogens (primary N) is 1. The molecule has 0 spiro atoms. The van der Waals surface area contributed by atoms with Crippen molar-refractivity contribution in [2.75, 3.05) is 6.54 Å². The lowest BCUT2D eigenvalue weighted by atomic mass is 10.00. The first-order valence-electron chi connectivity index (χ1n) is 7.92. The molecule has 122 valence electrons. The molecule has 1 aromatic heterocycles. The molecule has 2 atom stereocenters. The van der Waals surface area contributed by atoms with E-state index in [1.54, 1.807) is 30.0 Å². The average Bonchev–Trinajstić information content (AvgIpc) is 3.08. The molecule has 0 radical (unpaired) electrons. The van der Waals surface area contributed by atoms with Gasteiger partial charge in [-0.3, -0.25) is 14.6 Å². The van der Waals surface area contributed by atoms with Crippen LogP contribution >= 0.6 is 0 Å². The number of aromatic nitrogens is 1. The summed E-state index contributed by atoms with van der Waals surface area (Å²) in [6.45, 7) is 2.33. The van der Waals surface area contributed by atoms with E-state index in [0.29, 0.717) is 35.1 Å². The lowest BCUT2D eigenvalue weighted by Gasteiger charge is -2.23. The van der Waals surface area contributed by atoms with Crippen LogP contribution in [0.4, 0.5) is 0 Å². The van der Waals surface area contributed by atoms with Gasteiger partial charge in [0, 0.05) is 11.9 Å². The van der Waals surface area contributed by atoms with E-state index >= 15 is 0 Å². The van der Waals surface area contributed by atoms with Crippen LogP contribution in [0.15, 0.2) is 30.3 Å². The highest BCUT2D eigenvalue weighted by Gasteiger charge is 2.32. The molecule has 1 fully saturated rings. The summed E-state index contributed by atoms with van der Waals surface area (Å²) in [5.74, 6) is -1.23. The summed E-state index contributed by atoms with van der Waals surface area (Å²) in [5, 5.41) is 9.85. The second kappa shape index (κ2) is 6.28. The number of nitriles is 1. The summed E-state index contributed by atoms with van der Waals surface area (Å²) in [5.41, 5.74) is 6.96. The summed E-state index contributed by atoms with van der Waals surface area (Å²) in [6.07, 6.45) is 1.53. The molecule has 1 aliphatic rings. The van der Waals surface area contributed by atoms with Gasteiger partial charge in [0.15, 0.2) is 0 Å². The molecule has 3 rings (SSSR count). The molecule has 1 aliphatic heterocycles. The smallest absolute Gasteiger partial charge is 0.249 e. The van der Waals surface area contributed by atoms with Crippen molar-refractivity contribution in [3.8, 4) is 6.07 Å². The number of carbonyl (C=O) groups is 2. The Morgan fingerprint density at radius 2 is 2.17 bits per heavy atom. The van der Waals surface area contributed by atoms with E-state index in [2.05, 4.69) is 11.1 Å². The quantitative estimate of drug-likeness (QED) is 0.933. The number of likely N-dealkylation sites (tertiary alicyclic amines) is 1. The zero-order chi connectivity index (χ0) is 17.3. The largest absolute Gasteiger partial charge is 0.366 e. The van der Waals surface area contributed by atoms with E-state index < -0.39 is 11.8 Å². The first-order valence-corrected chi connectivity index (χ1v) is 7.92. The third kappa shape index (κ3) is 2.69. The van der Waals surface area contributed by atoms with Gasteiger partial charge in [-0.1, -0.05) is 18.2 Å². The minimum absolute atomic E-state index is 0.141. The summed E-state index contributed by atoms with van der Waals surface area (Å²) in [4.78, 5) is 30.6. The number of hydrogen-bond donors (Lipinski definition) is 1. The average molecular weight is 322 g/mol. The number of para-hydroxylation sites is 1. The fourth-order valence-corrected chi connectivity index (χ4v) is 3.16. The van der Waals surface area contributed by atoms with Gasteiger partial charge in [0.25, 0.3) is 0 Å². The van der Waals surface area contributed by atoms with Crippen molar-refractivity contribution in [2.24, 2.45) is 5.73 Å². The van der Waals surface area contributed by atoms with Gasteiger partial charge >= 0.3 is 0 Å². The molecule has 0 saturated carbocycles. The van der Waals surface area contributed by atoms with E-state index in [0.717, 1.165) is 6.42 Å². The molecular weight excluding hydrogens is 304 g/mol. The molecular formula is C18H18N4O2. The van der Waals surface area contributed by atoms with Crippen LogP contribution in [-0.2, 0) is 4.79 Å². The maximum atomic E-state index is 12.8. The van der Waals surface area contributed by atoms with Gasteiger partial charge in [-0.25, -0.2) is 0 Å². The third-order valence-corrected chi connectivity index (χ3v) is 4.50. The minimum atomic E-state index is -0.550. The number of nitrogens with zero attached hydrogens (tertiary/aromatic N) is 3. The second-order valence-corrected chi connectivity index (χ2v) is 6.02. The number of rotatable bonds is 3. The first kappa shape index (κ1) is 15.9. The minimum Gasteiger partial charge on any atom is -0.366 e. The molecule has 0 bridgehead atoms. The molecule has 24 heavy (non-hydrogen) atoms. The number of carbonyl (C=O) groups excluding carboxylic acids is 2. The van der Waals surface area contributed by atoms with Crippen LogP contribution in [0.5, 0.6) is 0 Å². The molecule has 2 amide bonds. The molecule has 1 aromatic carbocycles. The van der Waals surface area contributed by atoms with Crippen molar-refractivity contribution in [3.05, 3.63) is 41.6 Å². The highest BCUT2D eigenvalue weighted by atomic mass is 16.2. The van der Waals surface area contributed by atoms with Crippen LogP contribution in [0.25, 0.3) is 10.9 Å². The highest BCUT2D eigenvalue weighted by Crippen LogP contribution is 2.26. The number of fused-ring (bicyclic) bond motifs is 1. The second-order valence-electron chi connectivity index (χ2n) is 6.02. The van der Waals surface area contributed by atoms with Crippen LogP contribution in [0.3, 0.4) is 0 Å². The standard InChI is InChI=1S/C18H18N4O2/c1-11(18(24)22-8-4-5-12(22)10-19)16-9-14(17(20)23)13-6-2-3-7-15(13)21-16/h2-3,6-7,9,11-12H,4-5,8H2,1H3,(H2,20,23)/t11-,12+/m1/s1. The maximum Gasteiger partial charge on any atom is 0.249 e. The maximum absolute atomic E-state index is 12.8. The van der Waals surface area contributed by atoms with Crippen LogP contribution < -0.4 is 5.73 Å². The lowest BCUT2D eigenvalue weighted by molar-refractivity contribution is -0.132. The Hall–Kier alpha value is -2.94. The van der Waals surface area contributed by atoms with Gasteiger partial charge in [0.05, 0.1) is 28.8 Å². The number of primary amides is 1.